The van der Waals surface area contributed by atoms with Gasteiger partial charge in [-0.25, -0.2) is 19.9 Å². The molecule has 3 rings (SSSR count). The molecule has 0 amide bonds. The van der Waals surface area contributed by atoms with E-state index in [0.717, 1.165) is 22.5 Å². The minimum atomic E-state index is 0.933. The Hall–Kier alpha value is -1.84. The maximum Gasteiger partial charge on any atom is 0.116 e. The van der Waals surface area contributed by atoms with E-state index in [1.165, 1.54) is 12.7 Å². The number of hydrogen-bond donors (Lipinski definition) is 0. The van der Waals surface area contributed by atoms with Crippen LogP contribution in [-0.2, 0) is 0 Å². The van der Waals surface area contributed by atoms with Crippen molar-refractivity contribution in [2.75, 3.05) is 0 Å². The molecule has 2 aromatic heterocycles. The molecule has 0 aliphatic heterocycles. The maximum absolute atomic E-state index is 4.11. The van der Waals surface area contributed by atoms with Crippen LogP contribution in [0.4, 0.5) is 0 Å². The highest BCUT2D eigenvalue weighted by Gasteiger charge is 2.24. The fourth-order valence-electron chi connectivity index (χ4n) is 1.37. The van der Waals surface area contributed by atoms with Gasteiger partial charge in [0.2, 0.25) is 0 Å². The molecular formula is C8H4N4. The molecule has 0 unspecified atom stereocenters. The van der Waals surface area contributed by atoms with Gasteiger partial charge in [-0.05, 0) is 0 Å². The van der Waals surface area contributed by atoms with Crippen molar-refractivity contribution in [1.82, 2.24) is 19.9 Å². The summed E-state index contributed by atoms with van der Waals surface area (Å²) < 4.78 is 0. The van der Waals surface area contributed by atoms with Crippen molar-refractivity contribution in [3.63, 3.8) is 0 Å². The standard InChI is InChI=1S/C8H4N4/c1-5-6-2-10-4-12-8(6)7(5)11-3-9-1/h1-4H. The second-order valence-corrected chi connectivity index (χ2v) is 2.57. The van der Waals surface area contributed by atoms with Crippen molar-refractivity contribution in [1.29, 1.82) is 0 Å². The van der Waals surface area contributed by atoms with Gasteiger partial charge < -0.3 is 0 Å². The fourth-order valence-corrected chi connectivity index (χ4v) is 1.37. The van der Waals surface area contributed by atoms with Crippen molar-refractivity contribution < 1.29 is 0 Å². The van der Waals surface area contributed by atoms with E-state index >= 15 is 0 Å². The average molecular weight is 156 g/mol. The molecule has 0 aromatic carbocycles. The minimum Gasteiger partial charge on any atom is -0.244 e. The first-order valence-corrected chi connectivity index (χ1v) is 3.57. The maximum atomic E-state index is 4.11. The minimum absolute atomic E-state index is 0.933. The summed E-state index contributed by atoms with van der Waals surface area (Å²) in [5, 5.41) is 0. The van der Waals surface area contributed by atoms with E-state index in [0.29, 0.717) is 0 Å². The summed E-state index contributed by atoms with van der Waals surface area (Å²) >= 11 is 0. The molecule has 4 heteroatoms. The second-order valence-electron chi connectivity index (χ2n) is 2.57. The predicted octanol–water partition coefficient (Wildman–Crippen LogP) is 0.914. The Kier molecular flexibility index (Phi) is 0.889. The molecule has 1 aliphatic rings. The lowest BCUT2D eigenvalue weighted by Crippen LogP contribution is -2.04. The van der Waals surface area contributed by atoms with E-state index in [-0.39, 0.29) is 0 Å². The van der Waals surface area contributed by atoms with Crippen molar-refractivity contribution in [3.8, 4) is 22.5 Å². The van der Waals surface area contributed by atoms with Crippen LogP contribution < -0.4 is 0 Å². The lowest BCUT2D eigenvalue weighted by molar-refractivity contribution is 1.09. The molecule has 0 bridgehead atoms. The van der Waals surface area contributed by atoms with E-state index in [2.05, 4.69) is 19.9 Å². The van der Waals surface area contributed by atoms with Gasteiger partial charge in [0.1, 0.15) is 24.0 Å². The van der Waals surface area contributed by atoms with E-state index in [1.54, 1.807) is 12.4 Å². The monoisotopic (exact) mass is 156 g/mol. The molecule has 2 aromatic rings. The third-order valence-corrected chi connectivity index (χ3v) is 1.94. The summed E-state index contributed by atoms with van der Waals surface area (Å²) in [6, 6.07) is 0. The van der Waals surface area contributed by atoms with Crippen molar-refractivity contribution in [3.05, 3.63) is 25.0 Å². The Bertz CT molecular complexity index is 352. The zero-order valence-electron chi connectivity index (χ0n) is 6.10. The number of fused-ring (bicyclic) bond motifs is 4. The summed E-state index contributed by atoms with van der Waals surface area (Å²) in [4.78, 5) is 16.1. The van der Waals surface area contributed by atoms with E-state index in [9.17, 15) is 0 Å². The zero-order chi connectivity index (χ0) is 7.97. The molecule has 12 heavy (non-hydrogen) atoms. The van der Waals surface area contributed by atoms with Crippen LogP contribution in [0.3, 0.4) is 0 Å². The highest BCUT2D eigenvalue weighted by atomic mass is 14.9. The quantitative estimate of drug-likeness (QED) is 0.485. The van der Waals surface area contributed by atoms with Crippen LogP contribution in [0, 0.1) is 0 Å². The largest absolute Gasteiger partial charge is 0.244 e. The first-order valence-electron chi connectivity index (χ1n) is 3.57. The van der Waals surface area contributed by atoms with E-state index in [1.807, 2.05) is 0 Å². The topological polar surface area (TPSA) is 51.6 Å². The molecule has 0 saturated carbocycles. The van der Waals surface area contributed by atoms with Crippen LogP contribution >= 0.6 is 0 Å². The lowest BCUT2D eigenvalue weighted by atomic mass is 9.92. The SMILES string of the molecule is c1ncc2c(n1)-c1ncncc1-2. The van der Waals surface area contributed by atoms with Crippen LogP contribution in [-0.4, -0.2) is 19.9 Å². The molecule has 0 saturated heterocycles. The number of aromatic nitrogens is 4. The van der Waals surface area contributed by atoms with Gasteiger partial charge >= 0.3 is 0 Å². The third-order valence-electron chi connectivity index (χ3n) is 1.94. The van der Waals surface area contributed by atoms with Gasteiger partial charge in [0.15, 0.2) is 0 Å². The summed E-state index contributed by atoms with van der Waals surface area (Å²) in [6.07, 6.45) is 6.63. The third kappa shape index (κ3) is 0.528. The fraction of sp³-hybridized carbons (Fsp3) is 0. The van der Waals surface area contributed by atoms with Crippen LogP contribution in [0.2, 0.25) is 0 Å². The molecule has 2 heterocycles. The summed E-state index contributed by atoms with van der Waals surface area (Å²) in [6.45, 7) is 0. The molecule has 0 radical (unpaired) electrons. The van der Waals surface area contributed by atoms with Gasteiger partial charge in [-0.2, -0.15) is 0 Å². The first-order chi connectivity index (χ1) is 5.97. The van der Waals surface area contributed by atoms with Crippen molar-refractivity contribution >= 4 is 0 Å². The molecule has 0 N–H and O–H groups in total. The van der Waals surface area contributed by atoms with Crippen LogP contribution in [0.15, 0.2) is 25.0 Å². The van der Waals surface area contributed by atoms with Crippen LogP contribution in [0.5, 0.6) is 0 Å². The Morgan fingerprint density at radius 2 is 1.25 bits per heavy atom. The molecule has 56 valence electrons. The summed E-state index contributed by atoms with van der Waals surface area (Å²) in [5.74, 6) is 0. The Balaban J connectivity index is 2.34. The van der Waals surface area contributed by atoms with E-state index < -0.39 is 0 Å². The first kappa shape index (κ1) is 5.77. The Labute approximate surface area is 68.4 Å². The molecule has 0 fully saturated rings. The molecule has 0 spiro atoms. The van der Waals surface area contributed by atoms with Crippen LogP contribution in [0.25, 0.3) is 22.5 Å². The lowest BCUT2D eigenvalue weighted by Gasteiger charge is -2.18. The van der Waals surface area contributed by atoms with E-state index in [4.69, 9.17) is 0 Å². The van der Waals surface area contributed by atoms with Gasteiger partial charge in [0, 0.05) is 23.5 Å². The van der Waals surface area contributed by atoms with Crippen molar-refractivity contribution in [2.24, 2.45) is 0 Å². The summed E-state index contributed by atoms with van der Waals surface area (Å²) in [7, 11) is 0. The van der Waals surface area contributed by atoms with Crippen LogP contribution in [0.1, 0.15) is 0 Å². The van der Waals surface area contributed by atoms with Gasteiger partial charge in [0.25, 0.3) is 0 Å². The van der Waals surface area contributed by atoms with Gasteiger partial charge in [-0.3, -0.25) is 0 Å². The van der Waals surface area contributed by atoms with Gasteiger partial charge in [-0.15, -0.1) is 0 Å². The smallest absolute Gasteiger partial charge is 0.116 e. The highest BCUT2D eigenvalue weighted by Crippen LogP contribution is 2.42. The average Bonchev–Trinajstić information content (AvgIpc) is 2.14. The Morgan fingerprint density at radius 1 is 0.750 bits per heavy atom. The molecule has 4 nitrogen and oxygen atoms in total. The Morgan fingerprint density at radius 3 is 1.75 bits per heavy atom. The number of nitrogens with zero attached hydrogens (tertiary/aromatic N) is 4. The predicted molar refractivity (Wildman–Crippen MR) is 42.1 cm³/mol. The number of rotatable bonds is 0. The molecular weight excluding hydrogens is 152 g/mol. The summed E-state index contributed by atoms with van der Waals surface area (Å²) in [5.41, 5.74) is 3.96. The highest BCUT2D eigenvalue weighted by molar-refractivity contribution is 5.96. The van der Waals surface area contributed by atoms with Crippen molar-refractivity contribution in [2.45, 2.75) is 0 Å². The van der Waals surface area contributed by atoms with Gasteiger partial charge in [0.05, 0.1) is 0 Å². The van der Waals surface area contributed by atoms with Gasteiger partial charge in [-0.1, -0.05) is 0 Å². The zero-order valence-corrected chi connectivity index (χ0v) is 6.10. The number of hydrogen-bond acceptors (Lipinski definition) is 4. The molecule has 1 aliphatic carbocycles. The molecule has 0 atom stereocenters. The second kappa shape index (κ2) is 1.85. The normalized spacial score (nSPS) is 11.3.